The molecule has 1 aliphatic carbocycles. The van der Waals surface area contributed by atoms with Gasteiger partial charge in [0.2, 0.25) is 0 Å². The zero-order valence-corrected chi connectivity index (χ0v) is 12.7. The average molecular weight is 288 g/mol. The molecule has 114 valence electrons. The van der Waals surface area contributed by atoms with Crippen LogP contribution in [0.5, 0.6) is 0 Å². The van der Waals surface area contributed by atoms with E-state index < -0.39 is 5.60 Å². The number of rotatable bonds is 4. The number of benzene rings is 1. The molecule has 3 rings (SSSR count). The number of likely N-dealkylation sites (N-methyl/N-ethyl adjacent to an activating group) is 1. The largest absolute Gasteiger partial charge is 0.362 e. The van der Waals surface area contributed by atoms with E-state index in [-0.39, 0.29) is 5.91 Å². The van der Waals surface area contributed by atoms with Gasteiger partial charge in [-0.1, -0.05) is 30.3 Å². The van der Waals surface area contributed by atoms with Crippen molar-refractivity contribution in [1.29, 1.82) is 0 Å². The van der Waals surface area contributed by atoms with Gasteiger partial charge in [0, 0.05) is 25.6 Å². The van der Waals surface area contributed by atoms with Crippen LogP contribution in [0.4, 0.5) is 0 Å². The number of amides is 1. The lowest BCUT2D eigenvalue weighted by Gasteiger charge is -2.42. The number of nitrogens with one attached hydrogen (secondary N) is 1. The van der Waals surface area contributed by atoms with Crippen LogP contribution < -0.4 is 5.32 Å². The Bertz CT molecular complexity index is 487. The Morgan fingerprint density at radius 3 is 2.76 bits per heavy atom. The standard InChI is InChI=1S/C17H24N2O2/c1-19-10-11-21-17(13-19,12-14-6-3-2-4-7-14)16(20)18-15-8-5-9-15/h2-4,6-7,15H,5,8-13H2,1H3,(H,18,20)/t17-/m1/s1. The van der Waals surface area contributed by atoms with Crippen molar-refractivity contribution < 1.29 is 9.53 Å². The maximum atomic E-state index is 12.8. The van der Waals surface area contributed by atoms with Crippen molar-refractivity contribution in [3.05, 3.63) is 35.9 Å². The SMILES string of the molecule is CN1CCO[C@@](Cc2ccccc2)(C(=O)NC2CCC2)C1. The normalized spacial score (nSPS) is 27.1. The number of carbonyl (C=O) groups is 1. The molecule has 1 heterocycles. The topological polar surface area (TPSA) is 41.6 Å². The van der Waals surface area contributed by atoms with Crippen molar-refractivity contribution in [2.45, 2.75) is 37.3 Å². The van der Waals surface area contributed by atoms with Crippen molar-refractivity contribution in [1.82, 2.24) is 10.2 Å². The summed E-state index contributed by atoms with van der Waals surface area (Å²) in [5.74, 6) is 0.0580. The average Bonchev–Trinajstić information content (AvgIpc) is 2.43. The van der Waals surface area contributed by atoms with Gasteiger partial charge in [-0.15, -0.1) is 0 Å². The molecule has 0 spiro atoms. The highest BCUT2D eigenvalue weighted by molar-refractivity contribution is 5.86. The van der Waals surface area contributed by atoms with Crippen LogP contribution in [0.15, 0.2) is 30.3 Å². The molecular formula is C17H24N2O2. The molecule has 0 unspecified atom stereocenters. The number of nitrogens with zero attached hydrogens (tertiary/aromatic N) is 1. The summed E-state index contributed by atoms with van der Waals surface area (Å²) in [6.45, 7) is 2.15. The van der Waals surface area contributed by atoms with Crippen LogP contribution in [0, 0.1) is 0 Å². The van der Waals surface area contributed by atoms with Crippen LogP contribution in [-0.4, -0.2) is 49.2 Å². The number of ether oxygens (including phenoxy) is 1. The minimum Gasteiger partial charge on any atom is -0.362 e. The predicted molar refractivity (Wildman–Crippen MR) is 82.1 cm³/mol. The van der Waals surface area contributed by atoms with E-state index in [1.165, 1.54) is 6.42 Å². The number of hydrogen-bond donors (Lipinski definition) is 1. The van der Waals surface area contributed by atoms with Crippen LogP contribution in [0.2, 0.25) is 0 Å². The van der Waals surface area contributed by atoms with Gasteiger partial charge in [0.1, 0.15) is 0 Å². The molecule has 1 saturated carbocycles. The molecule has 21 heavy (non-hydrogen) atoms. The van der Waals surface area contributed by atoms with Crippen molar-refractivity contribution in [2.24, 2.45) is 0 Å². The van der Waals surface area contributed by atoms with Gasteiger partial charge in [0.25, 0.3) is 5.91 Å². The molecule has 1 N–H and O–H groups in total. The molecule has 2 aliphatic rings. The molecule has 1 aromatic carbocycles. The zero-order valence-electron chi connectivity index (χ0n) is 12.7. The first-order valence-corrected chi connectivity index (χ1v) is 7.85. The first-order valence-electron chi connectivity index (χ1n) is 7.85. The van der Waals surface area contributed by atoms with E-state index in [1.807, 2.05) is 18.2 Å². The Balaban J connectivity index is 1.78. The third kappa shape index (κ3) is 3.27. The fourth-order valence-electron chi connectivity index (χ4n) is 3.08. The summed E-state index contributed by atoms with van der Waals surface area (Å²) in [5.41, 5.74) is 0.404. The van der Waals surface area contributed by atoms with Crippen LogP contribution in [0.25, 0.3) is 0 Å². The third-order valence-corrected chi connectivity index (χ3v) is 4.56. The second-order valence-corrected chi connectivity index (χ2v) is 6.34. The fraction of sp³-hybridized carbons (Fsp3) is 0.588. The summed E-state index contributed by atoms with van der Waals surface area (Å²) in [6.07, 6.45) is 4.06. The second-order valence-electron chi connectivity index (χ2n) is 6.34. The summed E-state index contributed by atoms with van der Waals surface area (Å²) in [6, 6.07) is 10.5. The molecule has 4 heteroatoms. The van der Waals surface area contributed by atoms with Crippen LogP contribution in [0.3, 0.4) is 0 Å². The molecule has 1 amide bonds. The lowest BCUT2D eigenvalue weighted by Crippen LogP contribution is -2.62. The fourth-order valence-corrected chi connectivity index (χ4v) is 3.08. The van der Waals surface area contributed by atoms with E-state index in [0.29, 0.717) is 25.6 Å². The molecule has 1 saturated heterocycles. The van der Waals surface area contributed by atoms with Gasteiger partial charge >= 0.3 is 0 Å². The van der Waals surface area contributed by atoms with Gasteiger partial charge in [-0.2, -0.15) is 0 Å². The third-order valence-electron chi connectivity index (χ3n) is 4.56. The van der Waals surface area contributed by atoms with Crippen LogP contribution in [-0.2, 0) is 16.0 Å². The summed E-state index contributed by atoms with van der Waals surface area (Å²) >= 11 is 0. The monoisotopic (exact) mass is 288 g/mol. The molecule has 0 radical (unpaired) electrons. The van der Waals surface area contributed by atoms with E-state index in [9.17, 15) is 4.79 Å². The maximum Gasteiger partial charge on any atom is 0.254 e. The molecular weight excluding hydrogens is 264 g/mol. The Hall–Kier alpha value is -1.39. The lowest BCUT2D eigenvalue weighted by atomic mass is 9.88. The molecule has 4 nitrogen and oxygen atoms in total. The molecule has 1 aromatic rings. The zero-order chi connectivity index (χ0) is 14.7. The van der Waals surface area contributed by atoms with E-state index in [4.69, 9.17) is 4.74 Å². The number of carbonyl (C=O) groups excluding carboxylic acids is 1. The minimum atomic E-state index is -0.746. The van der Waals surface area contributed by atoms with Gasteiger partial charge in [-0.25, -0.2) is 0 Å². The van der Waals surface area contributed by atoms with Gasteiger partial charge in [-0.05, 0) is 31.9 Å². The highest BCUT2D eigenvalue weighted by Gasteiger charge is 2.44. The Morgan fingerprint density at radius 2 is 2.14 bits per heavy atom. The van der Waals surface area contributed by atoms with E-state index in [1.54, 1.807) is 0 Å². The lowest BCUT2D eigenvalue weighted by molar-refractivity contribution is -0.160. The predicted octanol–water partition coefficient (Wildman–Crippen LogP) is 1.60. The summed E-state index contributed by atoms with van der Waals surface area (Å²) in [7, 11) is 2.05. The minimum absolute atomic E-state index is 0.0580. The molecule has 0 aromatic heterocycles. The molecule has 2 fully saturated rings. The number of hydrogen-bond acceptors (Lipinski definition) is 3. The van der Waals surface area contributed by atoms with Gasteiger partial charge in [-0.3, -0.25) is 4.79 Å². The van der Waals surface area contributed by atoms with Gasteiger partial charge in [0.05, 0.1) is 6.61 Å². The van der Waals surface area contributed by atoms with E-state index in [0.717, 1.165) is 24.9 Å². The summed E-state index contributed by atoms with van der Waals surface area (Å²) < 4.78 is 6.02. The second kappa shape index (κ2) is 6.16. The van der Waals surface area contributed by atoms with Crippen LogP contribution >= 0.6 is 0 Å². The summed E-state index contributed by atoms with van der Waals surface area (Å²) in [4.78, 5) is 15.0. The Morgan fingerprint density at radius 1 is 1.38 bits per heavy atom. The molecule has 1 aliphatic heterocycles. The number of morpholine rings is 1. The van der Waals surface area contributed by atoms with Crippen LogP contribution in [0.1, 0.15) is 24.8 Å². The highest BCUT2D eigenvalue weighted by Crippen LogP contribution is 2.25. The quantitative estimate of drug-likeness (QED) is 0.915. The maximum absolute atomic E-state index is 12.8. The first-order chi connectivity index (χ1) is 10.2. The van der Waals surface area contributed by atoms with Crippen molar-refractivity contribution >= 4 is 5.91 Å². The smallest absolute Gasteiger partial charge is 0.254 e. The van der Waals surface area contributed by atoms with Gasteiger partial charge < -0.3 is 15.0 Å². The van der Waals surface area contributed by atoms with Gasteiger partial charge in [0.15, 0.2) is 5.60 Å². The Labute approximate surface area is 126 Å². The van der Waals surface area contributed by atoms with Crippen molar-refractivity contribution in [3.8, 4) is 0 Å². The highest BCUT2D eigenvalue weighted by atomic mass is 16.5. The van der Waals surface area contributed by atoms with Crippen molar-refractivity contribution in [2.75, 3.05) is 26.7 Å². The first kappa shape index (κ1) is 14.5. The Kier molecular flexibility index (Phi) is 4.27. The van der Waals surface area contributed by atoms with E-state index >= 15 is 0 Å². The molecule has 1 atom stereocenters. The van der Waals surface area contributed by atoms with Crippen molar-refractivity contribution in [3.63, 3.8) is 0 Å². The van der Waals surface area contributed by atoms with E-state index in [2.05, 4.69) is 29.4 Å². The summed E-state index contributed by atoms with van der Waals surface area (Å²) in [5, 5.41) is 3.18. The molecule has 0 bridgehead atoms.